The standard InChI is InChI=1S/C25H22N2O/c28-25(18-6-2-1-3-7-18)19-12-10-17(11-13-19)21-16-26-15-14-23-24(21)20-8-4-5-9-22(20)27-23/h1-13,21,26-27H,14-16H2. The topological polar surface area (TPSA) is 44.9 Å². The monoisotopic (exact) mass is 366 g/mol. The first-order valence-corrected chi connectivity index (χ1v) is 9.81. The average Bonchev–Trinajstić information content (AvgIpc) is 2.99. The minimum atomic E-state index is 0.0684. The van der Waals surface area contributed by atoms with Gasteiger partial charge in [-0.15, -0.1) is 0 Å². The van der Waals surface area contributed by atoms with Gasteiger partial charge in [-0.25, -0.2) is 0 Å². The number of H-pyrrole nitrogens is 1. The number of fused-ring (bicyclic) bond motifs is 3. The molecule has 3 aromatic carbocycles. The molecule has 1 atom stereocenters. The van der Waals surface area contributed by atoms with Crippen molar-refractivity contribution in [1.82, 2.24) is 10.3 Å². The molecule has 1 aromatic heterocycles. The zero-order valence-corrected chi connectivity index (χ0v) is 15.6. The minimum Gasteiger partial charge on any atom is -0.358 e. The fraction of sp³-hybridized carbons (Fsp3) is 0.160. The number of aromatic amines is 1. The van der Waals surface area contributed by atoms with E-state index in [4.69, 9.17) is 0 Å². The molecular weight excluding hydrogens is 344 g/mol. The molecule has 1 aliphatic heterocycles. The Morgan fingerprint density at radius 2 is 1.54 bits per heavy atom. The van der Waals surface area contributed by atoms with Crippen LogP contribution in [0.15, 0.2) is 78.9 Å². The van der Waals surface area contributed by atoms with Gasteiger partial charge in [0.05, 0.1) is 0 Å². The maximum Gasteiger partial charge on any atom is 0.193 e. The van der Waals surface area contributed by atoms with Crippen LogP contribution >= 0.6 is 0 Å². The normalized spacial score (nSPS) is 16.5. The van der Waals surface area contributed by atoms with Gasteiger partial charge in [0.15, 0.2) is 5.78 Å². The molecule has 2 heterocycles. The molecule has 0 amide bonds. The predicted octanol–water partition coefficient (Wildman–Crippen LogP) is 4.68. The molecule has 28 heavy (non-hydrogen) atoms. The summed E-state index contributed by atoms with van der Waals surface area (Å²) in [7, 11) is 0. The molecule has 0 radical (unpaired) electrons. The first kappa shape index (κ1) is 17.0. The second kappa shape index (κ2) is 7.10. The lowest BCUT2D eigenvalue weighted by Gasteiger charge is -2.17. The molecular formula is C25H22N2O. The van der Waals surface area contributed by atoms with Crippen LogP contribution in [0, 0.1) is 0 Å². The van der Waals surface area contributed by atoms with E-state index >= 15 is 0 Å². The highest BCUT2D eigenvalue weighted by Gasteiger charge is 2.24. The van der Waals surface area contributed by atoms with E-state index in [2.05, 4.69) is 46.7 Å². The molecule has 1 aliphatic rings. The van der Waals surface area contributed by atoms with E-state index in [1.165, 1.54) is 27.7 Å². The Morgan fingerprint density at radius 1 is 0.821 bits per heavy atom. The number of carbonyl (C=O) groups is 1. The fourth-order valence-corrected chi connectivity index (χ4v) is 4.28. The maximum absolute atomic E-state index is 12.7. The summed E-state index contributed by atoms with van der Waals surface area (Å²) in [5, 5.41) is 4.87. The molecule has 1 unspecified atom stereocenters. The van der Waals surface area contributed by atoms with Crippen molar-refractivity contribution in [2.75, 3.05) is 13.1 Å². The van der Waals surface area contributed by atoms with Gasteiger partial charge in [0.2, 0.25) is 0 Å². The second-order valence-corrected chi connectivity index (χ2v) is 7.39. The third kappa shape index (κ3) is 2.94. The van der Waals surface area contributed by atoms with Gasteiger partial charge in [0, 0.05) is 53.2 Å². The zero-order chi connectivity index (χ0) is 18.9. The van der Waals surface area contributed by atoms with Crippen LogP contribution in [-0.4, -0.2) is 23.9 Å². The summed E-state index contributed by atoms with van der Waals surface area (Å²) in [5.74, 6) is 0.341. The number of hydrogen-bond donors (Lipinski definition) is 2. The Hall–Kier alpha value is -3.17. The SMILES string of the molecule is O=C(c1ccccc1)c1ccc(C2CNCCc3[nH]c4ccccc4c32)cc1. The van der Waals surface area contributed by atoms with Crippen LogP contribution in [0.5, 0.6) is 0 Å². The lowest BCUT2D eigenvalue weighted by atomic mass is 9.88. The lowest BCUT2D eigenvalue weighted by Crippen LogP contribution is -2.21. The van der Waals surface area contributed by atoms with E-state index in [0.29, 0.717) is 0 Å². The van der Waals surface area contributed by atoms with Crippen molar-refractivity contribution in [2.45, 2.75) is 12.3 Å². The van der Waals surface area contributed by atoms with Crippen molar-refractivity contribution in [3.8, 4) is 0 Å². The van der Waals surface area contributed by atoms with Crippen LogP contribution in [0.2, 0.25) is 0 Å². The summed E-state index contributed by atoms with van der Waals surface area (Å²) >= 11 is 0. The molecule has 5 rings (SSSR count). The van der Waals surface area contributed by atoms with Crippen molar-refractivity contribution in [3.63, 3.8) is 0 Å². The minimum absolute atomic E-state index is 0.0684. The zero-order valence-electron chi connectivity index (χ0n) is 15.6. The van der Waals surface area contributed by atoms with Gasteiger partial charge in [-0.05, 0) is 17.2 Å². The van der Waals surface area contributed by atoms with E-state index in [1.54, 1.807) is 0 Å². The van der Waals surface area contributed by atoms with Crippen molar-refractivity contribution >= 4 is 16.7 Å². The molecule has 2 N–H and O–H groups in total. The molecule has 3 nitrogen and oxygen atoms in total. The van der Waals surface area contributed by atoms with Gasteiger partial charge in [-0.1, -0.05) is 72.8 Å². The molecule has 4 aromatic rings. The number of carbonyl (C=O) groups excluding carboxylic acids is 1. The molecule has 138 valence electrons. The molecule has 0 saturated carbocycles. The highest BCUT2D eigenvalue weighted by Crippen LogP contribution is 2.35. The third-order valence-electron chi connectivity index (χ3n) is 5.69. The quantitative estimate of drug-likeness (QED) is 0.517. The van der Waals surface area contributed by atoms with Crippen LogP contribution in [0.4, 0.5) is 0 Å². The first-order valence-electron chi connectivity index (χ1n) is 9.81. The van der Waals surface area contributed by atoms with Crippen LogP contribution in [0.1, 0.15) is 38.7 Å². The molecule has 3 heteroatoms. The Kier molecular flexibility index (Phi) is 4.30. The van der Waals surface area contributed by atoms with Gasteiger partial charge in [-0.3, -0.25) is 4.79 Å². The van der Waals surface area contributed by atoms with E-state index in [0.717, 1.165) is 30.6 Å². The number of hydrogen-bond acceptors (Lipinski definition) is 2. The fourth-order valence-electron chi connectivity index (χ4n) is 4.28. The summed E-state index contributed by atoms with van der Waals surface area (Å²) in [6.07, 6.45) is 1.01. The largest absolute Gasteiger partial charge is 0.358 e. The number of benzene rings is 3. The molecule has 0 spiro atoms. The molecule has 0 aliphatic carbocycles. The van der Waals surface area contributed by atoms with Gasteiger partial charge < -0.3 is 10.3 Å². The van der Waals surface area contributed by atoms with Crippen molar-refractivity contribution in [2.24, 2.45) is 0 Å². The second-order valence-electron chi connectivity index (χ2n) is 7.39. The Labute approximate surface area is 164 Å². The van der Waals surface area contributed by atoms with Crippen LogP contribution in [0.3, 0.4) is 0 Å². The average molecular weight is 366 g/mol. The van der Waals surface area contributed by atoms with E-state index in [9.17, 15) is 4.79 Å². The van der Waals surface area contributed by atoms with E-state index < -0.39 is 0 Å². The van der Waals surface area contributed by atoms with Gasteiger partial charge in [0.25, 0.3) is 0 Å². The number of para-hydroxylation sites is 1. The van der Waals surface area contributed by atoms with Gasteiger partial charge in [0.1, 0.15) is 0 Å². The van der Waals surface area contributed by atoms with Crippen molar-refractivity contribution < 1.29 is 4.79 Å². The number of rotatable bonds is 3. The van der Waals surface area contributed by atoms with Crippen molar-refractivity contribution in [1.29, 1.82) is 0 Å². The third-order valence-corrected chi connectivity index (χ3v) is 5.69. The number of ketones is 1. The summed E-state index contributed by atoms with van der Waals surface area (Å²) in [5.41, 5.74) is 6.62. The van der Waals surface area contributed by atoms with Gasteiger partial charge in [-0.2, -0.15) is 0 Å². The smallest absolute Gasteiger partial charge is 0.193 e. The van der Waals surface area contributed by atoms with Crippen LogP contribution in [-0.2, 0) is 6.42 Å². The predicted molar refractivity (Wildman–Crippen MR) is 113 cm³/mol. The number of nitrogens with one attached hydrogen (secondary N) is 2. The summed E-state index contributed by atoms with van der Waals surface area (Å²) < 4.78 is 0. The highest BCUT2D eigenvalue weighted by atomic mass is 16.1. The number of aromatic nitrogens is 1. The summed E-state index contributed by atoms with van der Waals surface area (Å²) in [6.45, 7) is 1.88. The summed E-state index contributed by atoms with van der Waals surface area (Å²) in [6, 6.07) is 26.1. The molecule has 0 bridgehead atoms. The lowest BCUT2D eigenvalue weighted by molar-refractivity contribution is 0.103. The van der Waals surface area contributed by atoms with Gasteiger partial charge >= 0.3 is 0 Å². The van der Waals surface area contributed by atoms with Crippen LogP contribution in [0.25, 0.3) is 10.9 Å². The Bertz CT molecular complexity index is 1130. The van der Waals surface area contributed by atoms with E-state index in [1.807, 2.05) is 42.5 Å². The van der Waals surface area contributed by atoms with E-state index in [-0.39, 0.29) is 11.7 Å². The summed E-state index contributed by atoms with van der Waals surface area (Å²) in [4.78, 5) is 16.3. The molecule has 0 saturated heterocycles. The first-order chi connectivity index (χ1) is 13.8. The highest BCUT2D eigenvalue weighted by molar-refractivity contribution is 6.08. The van der Waals surface area contributed by atoms with Crippen LogP contribution < -0.4 is 5.32 Å². The molecule has 0 fully saturated rings. The Balaban J connectivity index is 1.53. The Morgan fingerprint density at radius 3 is 2.36 bits per heavy atom. The van der Waals surface area contributed by atoms with Crippen molar-refractivity contribution in [3.05, 3.63) is 107 Å². The maximum atomic E-state index is 12.7.